The van der Waals surface area contributed by atoms with E-state index < -0.39 is 5.60 Å². The van der Waals surface area contributed by atoms with Gasteiger partial charge in [0.05, 0.1) is 5.60 Å². The van der Waals surface area contributed by atoms with Crippen molar-refractivity contribution in [3.63, 3.8) is 0 Å². The summed E-state index contributed by atoms with van der Waals surface area (Å²) < 4.78 is 0. The van der Waals surface area contributed by atoms with Crippen molar-refractivity contribution >= 4 is 11.5 Å². The minimum Gasteiger partial charge on any atom is -0.399 e. The van der Waals surface area contributed by atoms with E-state index in [-0.39, 0.29) is 0 Å². The van der Waals surface area contributed by atoms with Crippen molar-refractivity contribution in [1.29, 1.82) is 0 Å². The molecule has 1 aliphatic carbocycles. The van der Waals surface area contributed by atoms with Crippen molar-refractivity contribution in [2.24, 2.45) is 5.41 Å². The largest absolute Gasteiger partial charge is 0.399 e. The molecule has 0 spiro atoms. The Hall–Kier alpha value is -1.29. The number of anilines is 2. The topological polar surface area (TPSA) is 71.2 Å². The summed E-state index contributed by atoms with van der Waals surface area (Å²) in [4.78, 5) is 4.18. The van der Waals surface area contributed by atoms with Gasteiger partial charge in [-0.25, -0.2) is 4.98 Å². The van der Waals surface area contributed by atoms with Crippen LogP contribution in [0.25, 0.3) is 0 Å². The van der Waals surface area contributed by atoms with E-state index in [2.05, 4.69) is 24.1 Å². The van der Waals surface area contributed by atoms with E-state index in [9.17, 15) is 5.11 Å². The summed E-state index contributed by atoms with van der Waals surface area (Å²) in [5, 5.41) is 13.7. The Kier molecular flexibility index (Phi) is 3.48. The zero-order valence-corrected chi connectivity index (χ0v) is 11.2. The molecular formula is C14H23N3O. The van der Waals surface area contributed by atoms with E-state index in [4.69, 9.17) is 5.73 Å². The standard InChI is InChI=1S/C14H23N3O/c1-13(2)4-6-14(18,7-5-13)10-17-12-9-11(15)3-8-16-12/h3,8-9,18H,4-7,10H2,1-2H3,(H3,15,16,17). The molecule has 0 aliphatic heterocycles. The van der Waals surface area contributed by atoms with E-state index >= 15 is 0 Å². The molecule has 0 amide bonds. The fourth-order valence-corrected chi connectivity index (χ4v) is 2.37. The highest BCUT2D eigenvalue weighted by Crippen LogP contribution is 2.40. The molecule has 4 N–H and O–H groups in total. The zero-order chi connectivity index (χ0) is 13.2. The highest BCUT2D eigenvalue weighted by Gasteiger charge is 2.36. The molecule has 1 aromatic heterocycles. The first kappa shape index (κ1) is 13.1. The Balaban J connectivity index is 1.90. The predicted molar refractivity (Wildman–Crippen MR) is 74.3 cm³/mol. The molecule has 1 saturated carbocycles. The first-order valence-corrected chi connectivity index (χ1v) is 6.56. The van der Waals surface area contributed by atoms with Gasteiger partial charge in [-0.2, -0.15) is 0 Å². The quantitative estimate of drug-likeness (QED) is 0.769. The number of aliphatic hydroxyl groups is 1. The predicted octanol–water partition coefficient (Wildman–Crippen LogP) is 2.41. The van der Waals surface area contributed by atoms with Crippen LogP contribution in [0.4, 0.5) is 11.5 Å². The molecule has 0 atom stereocenters. The summed E-state index contributed by atoms with van der Waals surface area (Å²) in [5.74, 6) is 0.730. The van der Waals surface area contributed by atoms with Crippen LogP contribution in [0.1, 0.15) is 39.5 Å². The fourth-order valence-electron chi connectivity index (χ4n) is 2.37. The summed E-state index contributed by atoms with van der Waals surface area (Å²) in [6.07, 6.45) is 5.49. The van der Waals surface area contributed by atoms with Crippen LogP contribution in [-0.2, 0) is 0 Å². The maximum atomic E-state index is 10.5. The van der Waals surface area contributed by atoms with E-state index in [1.54, 1.807) is 18.3 Å². The minimum absolute atomic E-state index is 0.363. The number of nitrogen functional groups attached to an aromatic ring is 1. The second-order valence-corrected chi connectivity index (χ2v) is 6.22. The molecule has 0 saturated heterocycles. The van der Waals surface area contributed by atoms with Gasteiger partial charge in [0, 0.05) is 24.5 Å². The minimum atomic E-state index is -0.609. The van der Waals surface area contributed by atoms with Gasteiger partial charge >= 0.3 is 0 Å². The highest BCUT2D eigenvalue weighted by molar-refractivity contribution is 5.48. The van der Waals surface area contributed by atoms with Crippen molar-refractivity contribution in [3.05, 3.63) is 18.3 Å². The van der Waals surface area contributed by atoms with E-state index in [1.807, 2.05) is 0 Å². The number of hydrogen-bond donors (Lipinski definition) is 3. The van der Waals surface area contributed by atoms with Crippen molar-refractivity contribution in [3.8, 4) is 0 Å². The second-order valence-electron chi connectivity index (χ2n) is 6.22. The van der Waals surface area contributed by atoms with Crippen LogP contribution in [0.5, 0.6) is 0 Å². The maximum Gasteiger partial charge on any atom is 0.128 e. The first-order valence-electron chi connectivity index (χ1n) is 6.56. The van der Waals surface area contributed by atoms with Gasteiger partial charge in [-0.15, -0.1) is 0 Å². The Morgan fingerprint density at radius 2 is 2.00 bits per heavy atom. The normalized spacial score (nSPS) is 21.5. The lowest BCUT2D eigenvalue weighted by atomic mass is 9.71. The molecule has 1 fully saturated rings. The lowest BCUT2D eigenvalue weighted by Crippen LogP contribution is -2.42. The van der Waals surface area contributed by atoms with Gasteiger partial charge in [-0.05, 0) is 37.2 Å². The molecule has 0 aromatic carbocycles. The lowest BCUT2D eigenvalue weighted by Gasteiger charge is -2.40. The van der Waals surface area contributed by atoms with Crippen molar-refractivity contribution in [1.82, 2.24) is 4.98 Å². The van der Waals surface area contributed by atoms with Crippen molar-refractivity contribution in [2.75, 3.05) is 17.6 Å². The van der Waals surface area contributed by atoms with E-state index in [1.165, 1.54) is 0 Å². The van der Waals surface area contributed by atoms with Gasteiger partial charge in [-0.3, -0.25) is 0 Å². The third-order valence-corrected chi connectivity index (χ3v) is 3.92. The van der Waals surface area contributed by atoms with Crippen LogP contribution in [0, 0.1) is 5.41 Å². The number of aromatic nitrogens is 1. The lowest BCUT2D eigenvalue weighted by molar-refractivity contribution is -0.0145. The molecule has 18 heavy (non-hydrogen) atoms. The Bertz CT molecular complexity index is 407. The number of rotatable bonds is 3. The molecule has 100 valence electrons. The summed E-state index contributed by atoms with van der Waals surface area (Å²) in [6, 6.07) is 3.54. The van der Waals surface area contributed by atoms with E-state index in [0.29, 0.717) is 17.6 Å². The van der Waals surface area contributed by atoms with Crippen LogP contribution in [0.3, 0.4) is 0 Å². The van der Waals surface area contributed by atoms with Crippen LogP contribution >= 0.6 is 0 Å². The monoisotopic (exact) mass is 249 g/mol. The third kappa shape index (κ3) is 3.35. The van der Waals surface area contributed by atoms with Crippen molar-refractivity contribution < 1.29 is 5.11 Å². The first-order chi connectivity index (χ1) is 8.39. The smallest absolute Gasteiger partial charge is 0.128 e. The molecule has 1 aliphatic rings. The zero-order valence-electron chi connectivity index (χ0n) is 11.2. The number of nitrogens with one attached hydrogen (secondary N) is 1. The van der Waals surface area contributed by atoms with Crippen molar-refractivity contribution in [2.45, 2.75) is 45.1 Å². The number of pyridine rings is 1. The summed E-state index contributed by atoms with van der Waals surface area (Å²) in [5.41, 5.74) is 6.13. The van der Waals surface area contributed by atoms with Crippen LogP contribution in [0.15, 0.2) is 18.3 Å². The second kappa shape index (κ2) is 4.76. The number of nitrogens with two attached hydrogens (primary N) is 1. The summed E-state index contributed by atoms with van der Waals surface area (Å²) in [7, 11) is 0. The Morgan fingerprint density at radius 1 is 1.33 bits per heavy atom. The average Bonchev–Trinajstić information content (AvgIpc) is 2.32. The molecular weight excluding hydrogens is 226 g/mol. The molecule has 0 bridgehead atoms. The number of nitrogens with zero attached hydrogens (tertiary/aromatic N) is 1. The SMILES string of the molecule is CC1(C)CCC(O)(CNc2cc(N)ccn2)CC1. The van der Waals surface area contributed by atoms with Gasteiger partial charge in [-0.1, -0.05) is 13.8 Å². The summed E-state index contributed by atoms with van der Waals surface area (Å²) >= 11 is 0. The molecule has 0 radical (unpaired) electrons. The molecule has 2 rings (SSSR count). The third-order valence-electron chi connectivity index (χ3n) is 3.92. The summed E-state index contributed by atoms with van der Waals surface area (Å²) in [6.45, 7) is 5.07. The highest BCUT2D eigenvalue weighted by atomic mass is 16.3. The molecule has 4 nitrogen and oxygen atoms in total. The van der Waals surface area contributed by atoms with Gasteiger partial charge in [0.1, 0.15) is 5.82 Å². The van der Waals surface area contributed by atoms with Gasteiger partial charge < -0.3 is 16.2 Å². The fraction of sp³-hybridized carbons (Fsp3) is 0.643. The van der Waals surface area contributed by atoms with Crippen LogP contribution in [0.2, 0.25) is 0 Å². The number of hydrogen-bond acceptors (Lipinski definition) is 4. The molecule has 4 heteroatoms. The van der Waals surface area contributed by atoms with Crippen LogP contribution < -0.4 is 11.1 Å². The molecule has 1 heterocycles. The Labute approximate surface area is 109 Å². The van der Waals surface area contributed by atoms with Gasteiger partial charge in [0.25, 0.3) is 0 Å². The average molecular weight is 249 g/mol. The molecule has 1 aromatic rings. The van der Waals surface area contributed by atoms with Crippen LogP contribution in [-0.4, -0.2) is 22.2 Å². The van der Waals surface area contributed by atoms with E-state index in [0.717, 1.165) is 31.5 Å². The Morgan fingerprint density at radius 3 is 2.61 bits per heavy atom. The molecule has 0 unspecified atom stereocenters. The van der Waals surface area contributed by atoms with Gasteiger partial charge in [0.2, 0.25) is 0 Å². The van der Waals surface area contributed by atoms with Gasteiger partial charge in [0.15, 0.2) is 0 Å². The maximum absolute atomic E-state index is 10.5.